The van der Waals surface area contributed by atoms with Gasteiger partial charge in [-0.15, -0.1) is 11.3 Å². The quantitative estimate of drug-likeness (QED) is 0.770. The number of aromatic nitrogens is 2. The molecular weight excluding hydrogens is 270 g/mol. The van der Waals surface area contributed by atoms with E-state index >= 15 is 0 Å². The minimum atomic E-state index is -0.136. The van der Waals surface area contributed by atoms with Gasteiger partial charge in [0, 0.05) is 10.3 Å². The Morgan fingerprint density at radius 3 is 2.95 bits per heavy atom. The molecule has 0 spiro atoms. The van der Waals surface area contributed by atoms with Gasteiger partial charge in [0.2, 0.25) is 0 Å². The van der Waals surface area contributed by atoms with Crippen LogP contribution in [0.2, 0.25) is 0 Å². The standard InChI is InChI=1S/C15H15N3OS/c1-2-11(13-8-5-9-20-13)16-15(19)14-10-6-3-4-7-12(10)17-18-14/h3-9,11H,2H2,1H3,(H,16,19)(H,17,18). The summed E-state index contributed by atoms with van der Waals surface area (Å²) in [6.45, 7) is 2.06. The second-order valence-electron chi connectivity index (χ2n) is 4.57. The molecule has 0 saturated carbocycles. The molecule has 2 aromatic heterocycles. The van der Waals surface area contributed by atoms with Crippen molar-refractivity contribution in [1.29, 1.82) is 0 Å². The van der Waals surface area contributed by atoms with Crippen LogP contribution in [-0.4, -0.2) is 16.1 Å². The van der Waals surface area contributed by atoms with Crippen molar-refractivity contribution >= 4 is 28.1 Å². The van der Waals surface area contributed by atoms with E-state index < -0.39 is 0 Å². The third kappa shape index (κ3) is 2.32. The van der Waals surface area contributed by atoms with E-state index in [-0.39, 0.29) is 11.9 Å². The number of hydrogen-bond donors (Lipinski definition) is 2. The lowest BCUT2D eigenvalue weighted by atomic mass is 10.1. The molecule has 3 rings (SSSR count). The smallest absolute Gasteiger partial charge is 0.272 e. The van der Waals surface area contributed by atoms with Gasteiger partial charge in [-0.05, 0) is 23.9 Å². The first-order valence-electron chi connectivity index (χ1n) is 6.57. The highest BCUT2D eigenvalue weighted by Crippen LogP contribution is 2.23. The Kier molecular flexibility index (Phi) is 3.52. The van der Waals surface area contributed by atoms with Gasteiger partial charge in [-0.3, -0.25) is 9.89 Å². The van der Waals surface area contributed by atoms with E-state index in [1.807, 2.05) is 41.8 Å². The van der Waals surface area contributed by atoms with Crippen LogP contribution in [0.25, 0.3) is 10.9 Å². The molecule has 1 aromatic carbocycles. The van der Waals surface area contributed by atoms with Crippen molar-refractivity contribution in [3.8, 4) is 0 Å². The van der Waals surface area contributed by atoms with Gasteiger partial charge in [-0.2, -0.15) is 5.10 Å². The van der Waals surface area contributed by atoms with Crippen LogP contribution in [0.4, 0.5) is 0 Å². The van der Waals surface area contributed by atoms with Crippen LogP contribution in [0.1, 0.15) is 34.8 Å². The first kappa shape index (κ1) is 12.9. The predicted molar refractivity (Wildman–Crippen MR) is 80.9 cm³/mol. The molecule has 0 aliphatic rings. The van der Waals surface area contributed by atoms with E-state index in [1.54, 1.807) is 11.3 Å². The summed E-state index contributed by atoms with van der Waals surface area (Å²) in [6, 6.07) is 11.7. The molecule has 4 nitrogen and oxygen atoms in total. The number of thiophene rings is 1. The van der Waals surface area contributed by atoms with Gasteiger partial charge < -0.3 is 5.32 Å². The number of aromatic amines is 1. The molecular formula is C15H15N3OS. The van der Waals surface area contributed by atoms with Crippen LogP contribution in [0.5, 0.6) is 0 Å². The molecule has 2 heterocycles. The molecule has 0 saturated heterocycles. The molecule has 1 unspecified atom stereocenters. The third-order valence-corrected chi connectivity index (χ3v) is 4.27. The van der Waals surface area contributed by atoms with Gasteiger partial charge in [0.05, 0.1) is 11.6 Å². The molecule has 102 valence electrons. The van der Waals surface area contributed by atoms with Crippen LogP contribution >= 0.6 is 11.3 Å². The minimum absolute atomic E-state index is 0.0398. The summed E-state index contributed by atoms with van der Waals surface area (Å²) in [7, 11) is 0. The first-order chi connectivity index (χ1) is 9.79. The highest BCUT2D eigenvalue weighted by atomic mass is 32.1. The number of carbonyl (C=O) groups excluding carboxylic acids is 1. The van der Waals surface area contributed by atoms with Gasteiger partial charge in [0.1, 0.15) is 0 Å². The SMILES string of the molecule is CCC(NC(=O)c1n[nH]c2ccccc12)c1cccs1. The van der Waals surface area contributed by atoms with Gasteiger partial charge in [-0.25, -0.2) is 0 Å². The number of carbonyl (C=O) groups is 1. The lowest BCUT2D eigenvalue weighted by Crippen LogP contribution is -2.28. The van der Waals surface area contributed by atoms with Crippen molar-refractivity contribution in [1.82, 2.24) is 15.5 Å². The fraction of sp³-hybridized carbons (Fsp3) is 0.200. The van der Waals surface area contributed by atoms with Crippen molar-refractivity contribution in [3.05, 3.63) is 52.3 Å². The van der Waals surface area contributed by atoms with Crippen molar-refractivity contribution < 1.29 is 4.79 Å². The summed E-state index contributed by atoms with van der Waals surface area (Å²) < 4.78 is 0. The largest absolute Gasteiger partial charge is 0.343 e. The van der Waals surface area contributed by atoms with Crippen molar-refractivity contribution in [2.45, 2.75) is 19.4 Å². The monoisotopic (exact) mass is 285 g/mol. The van der Waals surface area contributed by atoms with Crippen LogP contribution in [0.3, 0.4) is 0 Å². The Morgan fingerprint density at radius 2 is 2.20 bits per heavy atom. The molecule has 0 aliphatic heterocycles. The maximum absolute atomic E-state index is 12.4. The van der Waals surface area contributed by atoms with Crippen LogP contribution in [0, 0.1) is 0 Å². The number of nitrogens with one attached hydrogen (secondary N) is 2. The average molecular weight is 285 g/mol. The normalized spacial score (nSPS) is 12.4. The second-order valence-corrected chi connectivity index (χ2v) is 5.55. The topological polar surface area (TPSA) is 57.8 Å². The Labute approximate surface area is 120 Å². The summed E-state index contributed by atoms with van der Waals surface area (Å²) in [4.78, 5) is 13.6. The fourth-order valence-corrected chi connectivity index (χ4v) is 3.09. The molecule has 0 fully saturated rings. The van der Waals surface area contributed by atoms with Crippen LogP contribution < -0.4 is 5.32 Å². The predicted octanol–water partition coefficient (Wildman–Crippen LogP) is 3.51. The lowest BCUT2D eigenvalue weighted by molar-refractivity contribution is 0.0933. The number of hydrogen-bond acceptors (Lipinski definition) is 3. The van der Waals surface area contributed by atoms with Crippen molar-refractivity contribution in [2.75, 3.05) is 0 Å². The number of para-hydroxylation sites is 1. The zero-order valence-electron chi connectivity index (χ0n) is 11.1. The Morgan fingerprint density at radius 1 is 1.35 bits per heavy atom. The molecule has 1 amide bonds. The number of benzene rings is 1. The molecule has 20 heavy (non-hydrogen) atoms. The second kappa shape index (κ2) is 5.46. The van der Waals surface area contributed by atoms with Gasteiger partial charge in [0.25, 0.3) is 5.91 Å². The highest BCUT2D eigenvalue weighted by molar-refractivity contribution is 7.10. The maximum Gasteiger partial charge on any atom is 0.272 e. The van der Waals surface area contributed by atoms with E-state index in [0.29, 0.717) is 5.69 Å². The molecule has 2 N–H and O–H groups in total. The van der Waals surface area contributed by atoms with Crippen molar-refractivity contribution in [3.63, 3.8) is 0 Å². The maximum atomic E-state index is 12.4. The van der Waals surface area contributed by atoms with E-state index in [1.165, 1.54) is 4.88 Å². The van der Waals surface area contributed by atoms with Crippen molar-refractivity contribution in [2.24, 2.45) is 0 Å². The van der Waals surface area contributed by atoms with E-state index in [0.717, 1.165) is 17.3 Å². The zero-order chi connectivity index (χ0) is 13.9. The number of H-pyrrole nitrogens is 1. The molecule has 0 radical (unpaired) electrons. The van der Waals surface area contributed by atoms with Crippen LogP contribution in [0.15, 0.2) is 41.8 Å². The average Bonchev–Trinajstić information content (AvgIpc) is 3.13. The lowest BCUT2D eigenvalue weighted by Gasteiger charge is -2.14. The molecule has 5 heteroatoms. The summed E-state index contributed by atoms with van der Waals surface area (Å²) in [5.41, 5.74) is 1.33. The number of nitrogens with zero attached hydrogens (tertiary/aromatic N) is 1. The first-order valence-corrected chi connectivity index (χ1v) is 7.45. The number of rotatable bonds is 4. The third-order valence-electron chi connectivity index (χ3n) is 3.29. The van der Waals surface area contributed by atoms with Gasteiger partial charge in [-0.1, -0.05) is 31.2 Å². The highest BCUT2D eigenvalue weighted by Gasteiger charge is 2.18. The summed E-state index contributed by atoms with van der Waals surface area (Å²) >= 11 is 1.66. The Bertz CT molecular complexity index is 718. The fourth-order valence-electron chi connectivity index (χ4n) is 2.23. The Hall–Kier alpha value is -2.14. The Balaban J connectivity index is 1.85. The van der Waals surface area contributed by atoms with Crippen LogP contribution in [-0.2, 0) is 0 Å². The van der Waals surface area contributed by atoms with Gasteiger partial charge in [0.15, 0.2) is 5.69 Å². The van der Waals surface area contributed by atoms with E-state index in [9.17, 15) is 4.79 Å². The minimum Gasteiger partial charge on any atom is -0.343 e. The number of amides is 1. The molecule has 3 aromatic rings. The zero-order valence-corrected chi connectivity index (χ0v) is 11.9. The molecule has 0 bridgehead atoms. The van der Waals surface area contributed by atoms with E-state index in [4.69, 9.17) is 0 Å². The number of fused-ring (bicyclic) bond motifs is 1. The van der Waals surface area contributed by atoms with E-state index in [2.05, 4.69) is 22.4 Å². The summed E-state index contributed by atoms with van der Waals surface area (Å²) in [6.07, 6.45) is 0.856. The molecule has 1 atom stereocenters. The van der Waals surface area contributed by atoms with Gasteiger partial charge >= 0.3 is 0 Å². The summed E-state index contributed by atoms with van der Waals surface area (Å²) in [5.74, 6) is -0.136. The summed E-state index contributed by atoms with van der Waals surface area (Å²) in [5, 5.41) is 12.9. The molecule has 0 aliphatic carbocycles.